The van der Waals surface area contributed by atoms with Crippen LogP contribution in [0.3, 0.4) is 0 Å². The van der Waals surface area contributed by atoms with Crippen LogP contribution in [-0.2, 0) is 23.4 Å². The minimum absolute atomic E-state index is 0.0772. The summed E-state index contributed by atoms with van der Waals surface area (Å²) >= 11 is 6.50. The van der Waals surface area contributed by atoms with Crippen LogP contribution < -0.4 is 9.84 Å². The average Bonchev–Trinajstić information content (AvgIpc) is 3.41. The normalized spacial score (nSPS) is 26.4. The summed E-state index contributed by atoms with van der Waals surface area (Å²) in [5, 5.41) is 23.9. The molecule has 0 saturated carbocycles. The van der Waals surface area contributed by atoms with E-state index in [9.17, 15) is 33.8 Å². The third kappa shape index (κ3) is 6.76. The molecule has 2 N–H and O–H groups in total. The molecule has 1 aromatic rings. The first-order valence-electron chi connectivity index (χ1n) is 10.2. The Kier molecular flexibility index (Phi) is 9.60. The van der Waals surface area contributed by atoms with Gasteiger partial charge in [-0.15, -0.1) is 0 Å². The van der Waals surface area contributed by atoms with Crippen molar-refractivity contribution in [2.45, 2.75) is 24.7 Å². The zero-order chi connectivity index (χ0) is 25.8. The molecular weight excluding hydrogens is 628 g/mol. The van der Waals surface area contributed by atoms with Gasteiger partial charge < -0.3 is 18.8 Å². The number of hydrogen-bond acceptors (Lipinski definition) is 10. The summed E-state index contributed by atoms with van der Waals surface area (Å²) in [6.45, 7) is -0.0657. The minimum Gasteiger partial charge on any atom is -0.390 e. The molecule has 0 aromatic carbocycles. The second-order valence-corrected chi connectivity index (χ2v) is 10.9. The van der Waals surface area contributed by atoms with E-state index in [0.717, 1.165) is 18.2 Å². The monoisotopic (exact) mass is 647 g/mol. The lowest BCUT2D eigenvalue weighted by molar-refractivity contribution is -0.402. The zero-order valence-corrected chi connectivity index (χ0v) is 21.9. The minimum atomic E-state index is -4.19. The number of nitrogens with one attached hydrogen (secondary N) is 1. The molecule has 1 fully saturated rings. The third-order valence-electron chi connectivity index (χ3n) is 5.12. The molecule has 1 saturated heterocycles. The Balaban J connectivity index is 1.74. The first-order chi connectivity index (χ1) is 16.6. The van der Waals surface area contributed by atoms with Crippen molar-refractivity contribution in [2.75, 3.05) is 30.4 Å². The predicted octanol–water partition coefficient (Wildman–Crippen LogP) is 2.43. The average molecular weight is 649 g/mol. The van der Waals surface area contributed by atoms with Gasteiger partial charge in [0.25, 0.3) is 11.9 Å². The molecule has 17 heteroatoms. The lowest BCUT2D eigenvalue weighted by Gasteiger charge is -2.29. The molecule has 194 valence electrons. The number of nitro groups is 1. The topological polar surface area (TPSA) is 171 Å². The van der Waals surface area contributed by atoms with E-state index in [4.69, 9.17) is 18.2 Å². The Bertz CT molecular complexity index is 1030. The first-order valence-corrected chi connectivity index (χ1v) is 13.9. The van der Waals surface area contributed by atoms with Gasteiger partial charge in [-0.1, -0.05) is 31.9 Å². The van der Waals surface area contributed by atoms with Gasteiger partial charge in [0.05, 0.1) is 30.8 Å². The fourth-order valence-electron chi connectivity index (χ4n) is 3.44. The number of aliphatic hydroxyl groups is 1. The lowest BCUT2D eigenvalue weighted by atomic mass is 9.95. The van der Waals surface area contributed by atoms with Gasteiger partial charge in [-0.3, -0.25) is 29.5 Å². The standard InChI is InChI=1S/C18H21Br2FN3O10P/c19-3-5-23(6-4-20)35(30,34-16-2-1-15(33-16)24(28)29)31-9-14-12(25)8-13(32-14)10-7-11(21)18(27)22-17(10)26/h1-2,7,10,12-14,25H,3-6,8-9H2,(H,22,26,27)/t10-,12-,13?,14+,35?/m0/s1. The maximum Gasteiger partial charge on any atom is 0.463 e. The number of ether oxygens (including phenoxy) is 1. The number of imide groups is 1. The van der Waals surface area contributed by atoms with Crippen LogP contribution in [0.2, 0.25) is 0 Å². The highest BCUT2D eigenvalue weighted by Crippen LogP contribution is 2.53. The molecule has 3 heterocycles. The lowest BCUT2D eigenvalue weighted by Crippen LogP contribution is -2.44. The van der Waals surface area contributed by atoms with Gasteiger partial charge in [-0.2, -0.15) is 4.67 Å². The Labute approximate surface area is 214 Å². The van der Waals surface area contributed by atoms with E-state index in [1.54, 1.807) is 0 Å². The number of halogens is 3. The van der Waals surface area contributed by atoms with E-state index in [1.165, 1.54) is 4.67 Å². The van der Waals surface area contributed by atoms with Gasteiger partial charge in [0.15, 0.2) is 5.83 Å². The summed E-state index contributed by atoms with van der Waals surface area (Å²) in [6.07, 6.45) is -2.45. The van der Waals surface area contributed by atoms with E-state index in [-0.39, 0.29) is 19.5 Å². The number of carbonyl (C=O) groups excluding carboxylic acids is 2. The van der Waals surface area contributed by atoms with Crippen LogP contribution in [0.15, 0.2) is 28.5 Å². The maximum absolute atomic E-state index is 13.7. The van der Waals surface area contributed by atoms with Crippen molar-refractivity contribution in [2.24, 2.45) is 5.92 Å². The molecule has 0 spiro atoms. The van der Waals surface area contributed by atoms with Crippen LogP contribution in [0, 0.1) is 16.0 Å². The van der Waals surface area contributed by atoms with Gasteiger partial charge in [0.1, 0.15) is 11.0 Å². The number of alkyl halides is 2. The Morgan fingerprint density at radius 3 is 2.60 bits per heavy atom. The molecule has 3 rings (SSSR count). The van der Waals surface area contributed by atoms with E-state index < -0.39 is 73.0 Å². The fourth-order valence-corrected chi connectivity index (χ4v) is 6.53. The van der Waals surface area contributed by atoms with Crippen molar-refractivity contribution in [1.82, 2.24) is 9.99 Å². The Hall–Kier alpha value is -1.68. The number of rotatable bonds is 12. The zero-order valence-electron chi connectivity index (χ0n) is 17.9. The SMILES string of the molecule is O=C1NC(=O)[C@H](C2C[C@H](O)[C@@H](COP(=O)(Oc3ccc([N+](=O)[O-])o3)N(CCBr)CCBr)O2)C=C1F. The van der Waals surface area contributed by atoms with Crippen molar-refractivity contribution in [3.8, 4) is 5.95 Å². The van der Waals surface area contributed by atoms with Gasteiger partial charge in [0.2, 0.25) is 5.91 Å². The summed E-state index contributed by atoms with van der Waals surface area (Å²) in [7, 11) is -4.19. The van der Waals surface area contributed by atoms with Crippen molar-refractivity contribution >= 4 is 57.3 Å². The second kappa shape index (κ2) is 12.0. The molecule has 0 radical (unpaired) electrons. The molecule has 0 bridgehead atoms. The Morgan fingerprint density at radius 1 is 1.31 bits per heavy atom. The quantitative estimate of drug-likeness (QED) is 0.112. The van der Waals surface area contributed by atoms with E-state index in [1.807, 2.05) is 5.32 Å². The van der Waals surface area contributed by atoms with Crippen LogP contribution in [-0.4, -0.2) is 75.2 Å². The summed E-state index contributed by atoms with van der Waals surface area (Å²) in [5.74, 6) is -5.26. The molecule has 1 aromatic heterocycles. The van der Waals surface area contributed by atoms with Gasteiger partial charge >= 0.3 is 13.6 Å². The number of nitrogens with zero attached hydrogens (tertiary/aromatic N) is 2. The number of carbonyl (C=O) groups is 2. The first kappa shape index (κ1) is 27.9. The van der Waals surface area contributed by atoms with Crippen LogP contribution in [0.5, 0.6) is 5.95 Å². The van der Waals surface area contributed by atoms with Crippen molar-refractivity contribution in [1.29, 1.82) is 0 Å². The van der Waals surface area contributed by atoms with E-state index in [0.29, 0.717) is 10.7 Å². The van der Waals surface area contributed by atoms with Crippen LogP contribution >= 0.6 is 39.6 Å². The number of aliphatic hydroxyl groups excluding tert-OH is 1. The highest BCUT2D eigenvalue weighted by molar-refractivity contribution is 9.09. The van der Waals surface area contributed by atoms with Crippen LogP contribution in [0.4, 0.5) is 10.3 Å². The molecular formula is C18H21Br2FN3O10P. The molecule has 2 unspecified atom stereocenters. The molecule has 0 aliphatic carbocycles. The predicted molar refractivity (Wildman–Crippen MR) is 124 cm³/mol. The third-order valence-corrected chi connectivity index (χ3v) is 7.81. The summed E-state index contributed by atoms with van der Waals surface area (Å²) in [6, 6.07) is 2.15. The maximum atomic E-state index is 13.7. The van der Waals surface area contributed by atoms with Crippen molar-refractivity contribution < 1.29 is 46.8 Å². The highest BCUT2D eigenvalue weighted by atomic mass is 79.9. The van der Waals surface area contributed by atoms with Crippen molar-refractivity contribution in [3.05, 3.63) is 34.1 Å². The highest BCUT2D eigenvalue weighted by Gasteiger charge is 2.45. The van der Waals surface area contributed by atoms with E-state index in [2.05, 4.69) is 31.9 Å². The fraction of sp³-hybridized carbons (Fsp3) is 0.556. The Morgan fingerprint density at radius 2 is 2.00 bits per heavy atom. The molecule has 13 nitrogen and oxygen atoms in total. The molecule has 2 aliphatic heterocycles. The van der Waals surface area contributed by atoms with Gasteiger partial charge in [-0.05, 0) is 6.08 Å². The second-order valence-electron chi connectivity index (χ2n) is 7.41. The van der Waals surface area contributed by atoms with Gasteiger partial charge in [-0.25, -0.2) is 8.96 Å². The molecule has 2 amide bonds. The number of furan rings is 1. The summed E-state index contributed by atoms with van der Waals surface area (Å²) < 4.78 is 50.4. The summed E-state index contributed by atoms with van der Waals surface area (Å²) in [4.78, 5) is 33.5. The van der Waals surface area contributed by atoms with Crippen molar-refractivity contribution in [3.63, 3.8) is 0 Å². The molecule has 35 heavy (non-hydrogen) atoms. The largest absolute Gasteiger partial charge is 0.463 e. The van der Waals surface area contributed by atoms with Crippen LogP contribution in [0.1, 0.15) is 6.42 Å². The van der Waals surface area contributed by atoms with Gasteiger partial charge in [0, 0.05) is 36.2 Å². The molecule has 2 aliphatic rings. The molecule has 5 atom stereocenters. The van der Waals surface area contributed by atoms with Crippen LogP contribution in [0.25, 0.3) is 0 Å². The number of hydrogen-bond donors (Lipinski definition) is 2. The smallest absolute Gasteiger partial charge is 0.390 e. The van der Waals surface area contributed by atoms with E-state index >= 15 is 0 Å². The summed E-state index contributed by atoms with van der Waals surface area (Å²) in [5.41, 5.74) is 0. The number of amides is 2.